The molecule has 1 aliphatic rings. The van der Waals surface area contributed by atoms with E-state index in [1.165, 1.54) is 18.2 Å². The molecule has 31 heavy (non-hydrogen) atoms. The van der Waals surface area contributed by atoms with Crippen LogP contribution in [0.4, 0.5) is 17.6 Å². The van der Waals surface area contributed by atoms with Gasteiger partial charge in [-0.25, -0.2) is 9.18 Å². The predicted octanol–water partition coefficient (Wildman–Crippen LogP) is 5.30. The third kappa shape index (κ3) is 4.12. The first-order chi connectivity index (χ1) is 14.5. The number of hydrogen-bond donors (Lipinski definition) is 1. The summed E-state index contributed by atoms with van der Waals surface area (Å²) in [6.45, 7) is 2.73. The zero-order valence-corrected chi connectivity index (χ0v) is 17.1. The Morgan fingerprint density at radius 1 is 1.29 bits per heavy atom. The molecule has 0 radical (unpaired) electrons. The molecule has 0 amide bonds. The third-order valence-corrected chi connectivity index (χ3v) is 5.81. The van der Waals surface area contributed by atoms with Gasteiger partial charge in [-0.3, -0.25) is 9.58 Å². The van der Waals surface area contributed by atoms with E-state index in [1.807, 2.05) is 4.90 Å². The smallest absolute Gasteiger partial charge is 0.416 e. The summed E-state index contributed by atoms with van der Waals surface area (Å²) >= 11 is 5.92. The third-order valence-electron chi connectivity index (χ3n) is 5.57. The molecule has 10 heteroatoms. The standard InChI is InChI=1S/C21H18ClF4N3O2/c1-11-15-7-16(20(30)31)18(23)8-19(15)29(27-11)14-4-5-28(10-14)9-12-6-13(22)2-3-17(12)21(24,25)26/h2-3,6-8,14H,4-5,9-10H2,1H3,(H,30,31). The number of halogens is 5. The van der Waals surface area contributed by atoms with E-state index >= 15 is 0 Å². The van der Waals surface area contributed by atoms with Crippen LogP contribution in [0.5, 0.6) is 0 Å². The lowest BCUT2D eigenvalue weighted by atomic mass is 10.1. The van der Waals surface area contributed by atoms with Gasteiger partial charge in [0.05, 0.1) is 28.4 Å². The quantitative estimate of drug-likeness (QED) is 0.542. The van der Waals surface area contributed by atoms with Crippen LogP contribution < -0.4 is 0 Å². The molecular weight excluding hydrogens is 438 g/mol. The minimum atomic E-state index is -4.48. The van der Waals surface area contributed by atoms with Crippen molar-refractivity contribution in [3.63, 3.8) is 0 Å². The monoisotopic (exact) mass is 455 g/mol. The SMILES string of the molecule is Cc1nn(C2CCN(Cc3cc(Cl)ccc3C(F)(F)F)C2)c2cc(F)c(C(=O)O)cc12. The summed E-state index contributed by atoms with van der Waals surface area (Å²) in [6.07, 6.45) is -3.87. The minimum absolute atomic E-state index is 0.0710. The molecule has 4 rings (SSSR count). The number of aryl methyl sites for hydroxylation is 1. The second-order valence-electron chi connectivity index (χ2n) is 7.66. The number of carboxylic acids is 1. The molecule has 5 nitrogen and oxygen atoms in total. The fraction of sp³-hybridized carbons (Fsp3) is 0.333. The summed E-state index contributed by atoms with van der Waals surface area (Å²) in [7, 11) is 0. The molecule has 1 aromatic heterocycles. The molecule has 2 heterocycles. The van der Waals surface area contributed by atoms with Crippen molar-refractivity contribution in [2.24, 2.45) is 0 Å². The number of rotatable bonds is 4. The first-order valence-electron chi connectivity index (χ1n) is 9.54. The van der Waals surface area contributed by atoms with Crippen molar-refractivity contribution >= 4 is 28.5 Å². The highest BCUT2D eigenvalue weighted by atomic mass is 35.5. The maximum absolute atomic E-state index is 14.3. The Hall–Kier alpha value is -2.65. The number of likely N-dealkylation sites (tertiary alicyclic amines) is 1. The van der Waals surface area contributed by atoms with E-state index in [1.54, 1.807) is 11.6 Å². The zero-order valence-electron chi connectivity index (χ0n) is 16.4. The number of benzene rings is 2. The van der Waals surface area contributed by atoms with Crippen LogP contribution in [0.2, 0.25) is 5.02 Å². The lowest BCUT2D eigenvalue weighted by Gasteiger charge is -2.20. The van der Waals surface area contributed by atoms with Gasteiger partial charge in [0.2, 0.25) is 0 Å². The number of nitrogens with zero attached hydrogens (tertiary/aromatic N) is 3. The molecule has 1 atom stereocenters. The van der Waals surface area contributed by atoms with E-state index in [0.717, 1.165) is 12.1 Å². The van der Waals surface area contributed by atoms with Gasteiger partial charge in [-0.2, -0.15) is 18.3 Å². The fourth-order valence-corrected chi connectivity index (χ4v) is 4.31. The Balaban J connectivity index is 1.61. The second kappa shape index (κ2) is 7.80. The highest BCUT2D eigenvalue weighted by Gasteiger charge is 2.35. The van der Waals surface area contributed by atoms with Crippen molar-refractivity contribution in [2.75, 3.05) is 13.1 Å². The topological polar surface area (TPSA) is 58.4 Å². The lowest BCUT2D eigenvalue weighted by molar-refractivity contribution is -0.138. The second-order valence-corrected chi connectivity index (χ2v) is 8.10. The number of carbonyl (C=O) groups is 1. The van der Waals surface area contributed by atoms with E-state index in [2.05, 4.69) is 5.10 Å². The lowest BCUT2D eigenvalue weighted by Crippen LogP contribution is -2.23. The van der Waals surface area contributed by atoms with Gasteiger partial charge in [0.15, 0.2) is 0 Å². The number of alkyl halides is 3. The zero-order chi connectivity index (χ0) is 22.5. The van der Waals surface area contributed by atoms with E-state index in [0.29, 0.717) is 36.1 Å². The largest absolute Gasteiger partial charge is 0.478 e. The highest BCUT2D eigenvalue weighted by Crippen LogP contribution is 2.35. The molecule has 1 aliphatic heterocycles. The molecule has 164 valence electrons. The maximum atomic E-state index is 14.3. The first kappa shape index (κ1) is 21.6. The van der Waals surface area contributed by atoms with E-state index in [-0.39, 0.29) is 23.2 Å². The Morgan fingerprint density at radius 2 is 2.03 bits per heavy atom. The molecule has 0 bridgehead atoms. The predicted molar refractivity (Wildman–Crippen MR) is 107 cm³/mol. The number of hydrogen-bond acceptors (Lipinski definition) is 3. The minimum Gasteiger partial charge on any atom is -0.478 e. The van der Waals surface area contributed by atoms with Gasteiger partial charge < -0.3 is 5.11 Å². The van der Waals surface area contributed by atoms with Crippen molar-refractivity contribution in [3.8, 4) is 0 Å². The van der Waals surface area contributed by atoms with Gasteiger partial charge in [0, 0.05) is 36.1 Å². The average molecular weight is 456 g/mol. The van der Waals surface area contributed by atoms with Crippen molar-refractivity contribution in [1.82, 2.24) is 14.7 Å². The molecule has 0 saturated carbocycles. The number of aromatic nitrogens is 2. The average Bonchev–Trinajstić information content (AvgIpc) is 3.24. The van der Waals surface area contributed by atoms with Gasteiger partial charge in [0.25, 0.3) is 0 Å². The number of carboxylic acid groups (broad SMARTS) is 1. The van der Waals surface area contributed by atoms with Crippen molar-refractivity contribution in [3.05, 3.63) is 63.6 Å². The van der Waals surface area contributed by atoms with E-state index in [4.69, 9.17) is 16.7 Å². The van der Waals surface area contributed by atoms with Gasteiger partial charge >= 0.3 is 12.1 Å². The van der Waals surface area contributed by atoms with Gasteiger partial charge in [-0.05, 0) is 43.2 Å². The molecule has 1 N–H and O–H groups in total. The van der Waals surface area contributed by atoms with Crippen molar-refractivity contribution in [1.29, 1.82) is 0 Å². The summed E-state index contributed by atoms with van der Waals surface area (Å²) in [5, 5.41) is 14.4. The molecule has 0 spiro atoms. The van der Waals surface area contributed by atoms with E-state index < -0.39 is 29.1 Å². The van der Waals surface area contributed by atoms with Crippen LogP contribution in [0, 0.1) is 12.7 Å². The molecule has 2 aromatic carbocycles. The number of fused-ring (bicyclic) bond motifs is 1. The maximum Gasteiger partial charge on any atom is 0.416 e. The fourth-order valence-electron chi connectivity index (χ4n) is 4.12. The number of aromatic carboxylic acids is 1. The highest BCUT2D eigenvalue weighted by molar-refractivity contribution is 6.30. The first-order valence-corrected chi connectivity index (χ1v) is 9.92. The molecule has 1 saturated heterocycles. The van der Waals surface area contributed by atoms with Crippen LogP contribution in [0.15, 0.2) is 30.3 Å². The molecule has 0 aliphatic carbocycles. The Morgan fingerprint density at radius 3 is 2.71 bits per heavy atom. The van der Waals surface area contributed by atoms with Crippen LogP contribution in [0.3, 0.4) is 0 Å². The summed E-state index contributed by atoms with van der Waals surface area (Å²) < 4.78 is 55.9. The summed E-state index contributed by atoms with van der Waals surface area (Å²) in [5.74, 6) is -2.22. The van der Waals surface area contributed by atoms with Crippen molar-refractivity contribution in [2.45, 2.75) is 32.1 Å². The van der Waals surface area contributed by atoms with Gasteiger partial charge in [-0.15, -0.1) is 0 Å². The summed E-state index contributed by atoms with van der Waals surface area (Å²) in [5.41, 5.74) is -0.0251. The summed E-state index contributed by atoms with van der Waals surface area (Å²) in [4.78, 5) is 13.1. The summed E-state index contributed by atoms with van der Waals surface area (Å²) in [6, 6.07) is 5.77. The molecule has 3 aromatic rings. The van der Waals surface area contributed by atoms with Gasteiger partial charge in [0.1, 0.15) is 5.82 Å². The van der Waals surface area contributed by atoms with Crippen LogP contribution in [0.25, 0.3) is 10.9 Å². The molecular formula is C21H18ClF4N3O2. The normalized spacial score (nSPS) is 17.5. The van der Waals surface area contributed by atoms with Crippen LogP contribution in [-0.4, -0.2) is 38.8 Å². The van der Waals surface area contributed by atoms with Crippen LogP contribution >= 0.6 is 11.6 Å². The Labute approximate surface area is 179 Å². The molecule has 1 fully saturated rings. The van der Waals surface area contributed by atoms with Crippen LogP contribution in [0.1, 0.15) is 39.6 Å². The molecule has 1 unspecified atom stereocenters. The van der Waals surface area contributed by atoms with E-state index in [9.17, 15) is 22.4 Å². The van der Waals surface area contributed by atoms with Crippen molar-refractivity contribution < 1.29 is 27.5 Å². The Bertz CT molecular complexity index is 1180. The van der Waals surface area contributed by atoms with Crippen LogP contribution in [-0.2, 0) is 12.7 Å². The van der Waals surface area contributed by atoms with Gasteiger partial charge in [-0.1, -0.05) is 11.6 Å². The Kier molecular flexibility index (Phi) is 5.43.